The quantitative estimate of drug-likeness (QED) is 0.832. The van der Waals surface area contributed by atoms with Gasteiger partial charge in [-0.2, -0.15) is 0 Å². The van der Waals surface area contributed by atoms with Gasteiger partial charge in [-0.15, -0.1) is 0 Å². The maximum Gasteiger partial charge on any atom is 0.157 e. The van der Waals surface area contributed by atoms with Crippen LogP contribution < -0.4 is 5.32 Å². The van der Waals surface area contributed by atoms with E-state index in [1.165, 1.54) is 49.4 Å². The summed E-state index contributed by atoms with van der Waals surface area (Å²) in [4.78, 5) is 4.87. The molecule has 2 saturated carbocycles. The lowest BCUT2D eigenvalue weighted by Crippen LogP contribution is -2.40. The van der Waals surface area contributed by atoms with Crippen molar-refractivity contribution in [2.24, 2.45) is 16.3 Å². The van der Waals surface area contributed by atoms with Gasteiger partial charge < -0.3 is 5.32 Å². The molecule has 2 aliphatic carbocycles. The van der Waals surface area contributed by atoms with E-state index in [1.54, 1.807) is 0 Å². The van der Waals surface area contributed by atoms with Gasteiger partial charge in [0.2, 0.25) is 0 Å². The van der Waals surface area contributed by atoms with E-state index in [0.717, 1.165) is 12.5 Å². The van der Waals surface area contributed by atoms with Crippen molar-refractivity contribution in [2.75, 3.05) is 12.3 Å². The van der Waals surface area contributed by atoms with Crippen molar-refractivity contribution >= 4 is 16.9 Å². The molecule has 0 amide bonds. The monoisotopic (exact) mass is 252 g/mol. The lowest BCUT2D eigenvalue weighted by Gasteiger charge is -2.22. The molecular formula is C14H24N2S. The zero-order valence-corrected chi connectivity index (χ0v) is 11.9. The number of hydrogen-bond acceptors (Lipinski definition) is 2. The molecule has 0 unspecified atom stereocenters. The normalized spacial score (nSPS) is 31.4. The molecule has 0 atom stereocenters. The molecule has 0 radical (unpaired) electrons. The summed E-state index contributed by atoms with van der Waals surface area (Å²) in [7, 11) is 0. The van der Waals surface area contributed by atoms with Crippen LogP contribution in [0.3, 0.4) is 0 Å². The van der Waals surface area contributed by atoms with Gasteiger partial charge in [0.1, 0.15) is 0 Å². The SMILES string of the molecule is CC(C)C1(CN=C2NC3(CCCC3)CS2)CC1. The van der Waals surface area contributed by atoms with Crippen LogP contribution in [0, 0.1) is 11.3 Å². The summed E-state index contributed by atoms with van der Waals surface area (Å²) in [6, 6.07) is 0. The van der Waals surface area contributed by atoms with Crippen LogP contribution in [0.5, 0.6) is 0 Å². The number of thioether (sulfide) groups is 1. The van der Waals surface area contributed by atoms with Crippen molar-refractivity contribution in [1.29, 1.82) is 0 Å². The molecule has 3 heteroatoms. The zero-order valence-electron chi connectivity index (χ0n) is 11.1. The van der Waals surface area contributed by atoms with E-state index in [0.29, 0.717) is 11.0 Å². The summed E-state index contributed by atoms with van der Waals surface area (Å²) in [5.74, 6) is 2.04. The fraction of sp³-hybridized carbons (Fsp3) is 0.929. The van der Waals surface area contributed by atoms with Crippen molar-refractivity contribution < 1.29 is 0 Å². The third-order valence-corrected chi connectivity index (χ3v) is 6.27. The summed E-state index contributed by atoms with van der Waals surface area (Å²) in [6.07, 6.45) is 8.28. The smallest absolute Gasteiger partial charge is 0.157 e. The van der Waals surface area contributed by atoms with E-state index in [9.17, 15) is 0 Å². The van der Waals surface area contributed by atoms with Crippen LogP contribution in [-0.2, 0) is 0 Å². The fourth-order valence-electron chi connectivity index (χ4n) is 3.22. The summed E-state index contributed by atoms with van der Waals surface area (Å²) in [5, 5.41) is 4.95. The van der Waals surface area contributed by atoms with Gasteiger partial charge in [0.05, 0.1) is 0 Å². The molecule has 0 aromatic carbocycles. The second kappa shape index (κ2) is 4.18. The van der Waals surface area contributed by atoms with Gasteiger partial charge in [0, 0.05) is 17.8 Å². The molecule has 1 saturated heterocycles. The lowest BCUT2D eigenvalue weighted by atomic mass is 9.93. The van der Waals surface area contributed by atoms with E-state index < -0.39 is 0 Å². The van der Waals surface area contributed by atoms with Gasteiger partial charge >= 0.3 is 0 Å². The highest BCUT2D eigenvalue weighted by atomic mass is 32.2. The van der Waals surface area contributed by atoms with Crippen molar-refractivity contribution in [3.63, 3.8) is 0 Å². The maximum atomic E-state index is 4.87. The Hall–Kier alpha value is -0.180. The molecule has 96 valence electrons. The molecule has 0 bridgehead atoms. The Kier molecular flexibility index (Phi) is 2.92. The highest BCUT2D eigenvalue weighted by Crippen LogP contribution is 2.52. The van der Waals surface area contributed by atoms with E-state index in [-0.39, 0.29) is 0 Å². The molecule has 1 aliphatic heterocycles. The molecule has 1 heterocycles. The van der Waals surface area contributed by atoms with Crippen LogP contribution in [0.15, 0.2) is 4.99 Å². The summed E-state index contributed by atoms with van der Waals surface area (Å²) < 4.78 is 0. The Balaban J connectivity index is 1.59. The Bertz CT molecular complexity index is 325. The maximum absolute atomic E-state index is 4.87. The Morgan fingerprint density at radius 3 is 2.53 bits per heavy atom. The zero-order chi connectivity index (χ0) is 11.9. The lowest BCUT2D eigenvalue weighted by molar-refractivity contribution is 0.370. The van der Waals surface area contributed by atoms with Crippen LogP contribution in [0.25, 0.3) is 0 Å². The average molecular weight is 252 g/mol. The van der Waals surface area contributed by atoms with Gasteiger partial charge in [-0.1, -0.05) is 38.5 Å². The Labute approximate surface area is 109 Å². The van der Waals surface area contributed by atoms with Crippen molar-refractivity contribution in [1.82, 2.24) is 5.32 Å². The minimum Gasteiger partial charge on any atom is -0.359 e. The Morgan fingerprint density at radius 2 is 1.94 bits per heavy atom. The van der Waals surface area contributed by atoms with Gasteiger partial charge in [0.15, 0.2) is 5.17 Å². The first-order valence-corrected chi connectivity index (χ1v) is 8.08. The van der Waals surface area contributed by atoms with Crippen molar-refractivity contribution in [3.05, 3.63) is 0 Å². The standard InChI is InChI=1S/C14H24N2S/c1-11(2)13(7-8-13)9-15-12-16-14(10-17-12)5-3-4-6-14/h11H,3-10H2,1-2H3,(H,15,16). The van der Waals surface area contributed by atoms with Gasteiger partial charge in [0.25, 0.3) is 0 Å². The number of nitrogens with one attached hydrogen (secondary N) is 1. The van der Waals surface area contributed by atoms with Gasteiger partial charge in [-0.05, 0) is 37.0 Å². The summed E-state index contributed by atoms with van der Waals surface area (Å²) in [5.41, 5.74) is 0.985. The van der Waals surface area contributed by atoms with E-state index in [2.05, 4.69) is 19.2 Å². The topological polar surface area (TPSA) is 24.4 Å². The van der Waals surface area contributed by atoms with Crippen molar-refractivity contribution in [2.45, 2.75) is 57.9 Å². The molecule has 1 N–H and O–H groups in total. The first-order valence-electron chi connectivity index (χ1n) is 7.10. The molecule has 1 spiro atoms. The highest BCUT2D eigenvalue weighted by molar-refractivity contribution is 8.14. The molecule has 3 aliphatic rings. The van der Waals surface area contributed by atoms with Gasteiger partial charge in [-0.25, -0.2) is 0 Å². The fourth-order valence-corrected chi connectivity index (χ4v) is 4.44. The largest absolute Gasteiger partial charge is 0.359 e. The number of hydrogen-bond donors (Lipinski definition) is 1. The van der Waals surface area contributed by atoms with E-state index in [1.807, 2.05) is 11.8 Å². The molecule has 2 nitrogen and oxygen atoms in total. The van der Waals surface area contributed by atoms with E-state index in [4.69, 9.17) is 4.99 Å². The molecule has 3 rings (SSSR count). The first kappa shape index (κ1) is 11.9. The number of amidine groups is 1. The minimum absolute atomic E-state index is 0.429. The molecule has 17 heavy (non-hydrogen) atoms. The predicted molar refractivity (Wildman–Crippen MR) is 75.6 cm³/mol. The number of nitrogens with zero attached hydrogens (tertiary/aromatic N) is 1. The highest BCUT2D eigenvalue weighted by Gasteiger charge is 2.46. The number of aliphatic imine (C=N–C) groups is 1. The first-order chi connectivity index (χ1) is 8.14. The van der Waals surface area contributed by atoms with E-state index >= 15 is 0 Å². The van der Waals surface area contributed by atoms with Crippen molar-refractivity contribution in [3.8, 4) is 0 Å². The minimum atomic E-state index is 0.429. The van der Waals surface area contributed by atoms with Crippen LogP contribution in [-0.4, -0.2) is 23.0 Å². The van der Waals surface area contributed by atoms with Crippen LogP contribution in [0.4, 0.5) is 0 Å². The predicted octanol–water partition coefficient (Wildman–Crippen LogP) is 3.43. The molecule has 3 fully saturated rings. The van der Waals surface area contributed by atoms with Crippen LogP contribution in [0.2, 0.25) is 0 Å². The molecule has 0 aromatic rings. The third-order valence-electron chi connectivity index (χ3n) is 5.07. The molecular weight excluding hydrogens is 228 g/mol. The van der Waals surface area contributed by atoms with Crippen LogP contribution >= 0.6 is 11.8 Å². The summed E-state index contributed by atoms with van der Waals surface area (Å²) >= 11 is 1.96. The second-order valence-electron chi connectivity index (χ2n) is 6.54. The molecule has 0 aromatic heterocycles. The van der Waals surface area contributed by atoms with Gasteiger partial charge in [-0.3, -0.25) is 4.99 Å². The second-order valence-corrected chi connectivity index (χ2v) is 7.50. The third kappa shape index (κ3) is 2.23. The summed E-state index contributed by atoms with van der Waals surface area (Å²) in [6.45, 7) is 5.75. The number of rotatable bonds is 3. The van der Waals surface area contributed by atoms with Crippen LogP contribution in [0.1, 0.15) is 52.4 Å². The Morgan fingerprint density at radius 1 is 1.24 bits per heavy atom. The average Bonchev–Trinajstić information content (AvgIpc) is 2.81.